The van der Waals surface area contributed by atoms with Gasteiger partial charge in [0.05, 0.1) is 12.1 Å². The molecule has 16 heavy (non-hydrogen) atoms. The van der Waals surface area contributed by atoms with Crippen LogP contribution in [0.25, 0.3) is 0 Å². The molecule has 2 unspecified atom stereocenters. The Morgan fingerprint density at radius 3 is 1.69 bits per heavy atom. The average molecular weight is 216 g/mol. The molecule has 4 heteroatoms. The Bertz CT molecular complexity index is 376. The molecule has 2 aromatic rings. The van der Waals surface area contributed by atoms with Crippen LogP contribution in [-0.4, -0.2) is 19.6 Å². The van der Waals surface area contributed by atoms with Crippen molar-refractivity contribution in [3.8, 4) is 0 Å². The van der Waals surface area contributed by atoms with Crippen molar-refractivity contribution in [3.63, 3.8) is 0 Å². The first-order valence-electron chi connectivity index (χ1n) is 5.93. The maximum absolute atomic E-state index is 4.38. The lowest BCUT2D eigenvalue weighted by Crippen LogP contribution is -2.26. The zero-order valence-corrected chi connectivity index (χ0v) is 9.24. The summed E-state index contributed by atoms with van der Waals surface area (Å²) in [7, 11) is 0. The smallest absolute Gasteiger partial charge is 0.0743 e. The van der Waals surface area contributed by atoms with E-state index in [0.29, 0.717) is 12.1 Å². The van der Waals surface area contributed by atoms with Crippen LogP contribution in [0, 0.1) is 0 Å². The normalized spacial score (nSPS) is 25.8. The Kier molecular flexibility index (Phi) is 2.48. The highest BCUT2D eigenvalue weighted by atomic mass is 15.3. The minimum Gasteiger partial charge on any atom is -0.268 e. The first-order valence-corrected chi connectivity index (χ1v) is 5.93. The SMILES string of the molecule is c1cnn(C2CCCCC2n2cccn2)c1. The highest BCUT2D eigenvalue weighted by molar-refractivity contribution is 4.91. The van der Waals surface area contributed by atoms with Crippen molar-refractivity contribution in [2.75, 3.05) is 0 Å². The standard InChI is InChI=1S/C12H16N4/c1-2-6-12(16-10-4-8-14-16)11(5-1)15-9-3-7-13-15/h3-4,7-12H,1-2,5-6H2. The number of hydrogen-bond donors (Lipinski definition) is 0. The van der Waals surface area contributed by atoms with E-state index in [0.717, 1.165) is 0 Å². The van der Waals surface area contributed by atoms with Crippen molar-refractivity contribution in [1.82, 2.24) is 19.6 Å². The lowest BCUT2D eigenvalue weighted by Gasteiger charge is -2.31. The largest absolute Gasteiger partial charge is 0.268 e. The van der Waals surface area contributed by atoms with Gasteiger partial charge in [0, 0.05) is 24.8 Å². The molecule has 0 spiro atoms. The second-order valence-corrected chi connectivity index (χ2v) is 4.39. The first-order chi connectivity index (χ1) is 7.95. The molecular formula is C12H16N4. The highest BCUT2D eigenvalue weighted by Crippen LogP contribution is 2.36. The molecular weight excluding hydrogens is 200 g/mol. The Labute approximate surface area is 94.9 Å². The van der Waals surface area contributed by atoms with Crippen LogP contribution in [0.4, 0.5) is 0 Å². The molecule has 0 saturated heterocycles. The fourth-order valence-corrected chi connectivity index (χ4v) is 2.66. The molecule has 3 rings (SSSR count). The number of aromatic nitrogens is 4. The Morgan fingerprint density at radius 2 is 1.31 bits per heavy atom. The summed E-state index contributed by atoms with van der Waals surface area (Å²) < 4.78 is 4.18. The van der Waals surface area contributed by atoms with E-state index in [2.05, 4.69) is 32.0 Å². The summed E-state index contributed by atoms with van der Waals surface area (Å²) in [4.78, 5) is 0. The molecule has 0 bridgehead atoms. The quantitative estimate of drug-likeness (QED) is 0.773. The van der Waals surface area contributed by atoms with E-state index in [1.54, 1.807) is 0 Å². The maximum Gasteiger partial charge on any atom is 0.0743 e. The third kappa shape index (κ3) is 1.64. The molecule has 0 aromatic carbocycles. The summed E-state index contributed by atoms with van der Waals surface area (Å²) in [6.07, 6.45) is 12.8. The second-order valence-electron chi connectivity index (χ2n) is 4.39. The van der Waals surface area contributed by atoms with Gasteiger partial charge in [0.1, 0.15) is 0 Å². The van der Waals surface area contributed by atoms with Crippen LogP contribution in [0.5, 0.6) is 0 Å². The predicted octanol–water partition coefficient (Wildman–Crippen LogP) is 2.44. The number of hydrogen-bond acceptors (Lipinski definition) is 2. The maximum atomic E-state index is 4.38. The third-order valence-electron chi connectivity index (χ3n) is 3.42. The van der Waals surface area contributed by atoms with Gasteiger partial charge in [0.15, 0.2) is 0 Å². The van der Waals surface area contributed by atoms with E-state index < -0.39 is 0 Å². The van der Waals surface area contributed by atoms with Crippen molar-refractivity contribution < 1.29 is 0 Å². The van der Waals surface area contributed by atoms with Crippen molar-refractivity contribution in [3.05, 3.63) is 36.9 Å². The molecule has 0 amide bonds. The van der Waals surface area contributed by atoms with Crippen LogP contribution in [0.15, 0.2) is 36.9 Å². The van der Waals surface area contributed by atoms with Gasteiger partial charge in [-0.1, -0.05) is 12.8 Å². The average Bonchev–Trinajstić information content (AvgIpc) is 3.03. The molecule has 1 fully saturated rings. The predicted molar refractivity (Wildman–Crippen MR) is 61.0 cm³/mol. The highest BCUT2D eigenvalue weighted by Gasteiger charge is 2.28. The molecule has 1 saturated carbocycles. The topological polar surface area (TPSA) is 35.6 Å². The van der Waals surface area contributed by atoms with Gasteiger partial charge >= 0.3 is 0 Å². The first kappa shape index (κ1) is 9.63. The van der Waals surface area contributed by atoms with Gasteiger partial charge in [0.25, 0.3) is 0 Å². The van der Waals surface area contributed by atoms with Crippen molar-refractivity contribution >= 4 is 0 Å². The zero-order chi connectivity index (χ0) is 10.8. The molecule has 84 valence electrons. The van der Waals surface area contributed by atoms with Crippen LogP contribution in [0.1, 0.15) is 37.8 Å². The molecule has 2 atom stereocenters. The van der Waals surface area contributed by atoms with E-state index >= 15 is 0 Å². The molecule has 4 nitrogen and oxygen atoms in total. The molecule has 1 aliphatic carbocycles. The van der Waals surface area contributed by atoms with Gasteiger partial charge in [-0.15, -0.1) is 0 Å². The minimum atomic E-state index is 0.462. The lowest BCUT2D eigenvalue weighted by atomic mass is 9.90. The van der Waals surface area contributed by atoms with Crippen LogP contribution in [0.3, 0.4) is 0 Å². The summed E-state index contributed by atoms with van der Waals surface area (Å²) in [6.45, 7) is 0. The van der Waals surface area contributed by atoms with E-state index in [9.17, 15) is 0 Å². The van der Waals surface area contributed by atoms with E-state index in [4.69, 9.17) is 0 Å². The van der Waals surface area contributed by atoms with Crippen LogP contribution in [-0.2, 0) is 0 Å². The summed E-state index contributed by atoms with van der Waals surface area (Å²) in [5.74, 6) is 0. The van der Waals surface area contributed by atoms with Crippen molar-refractivity contribution in [2.45, 2.75) is 37.8 Å². The summed E-state index contributed by atoms with van der Waals surface area (Å²) >= 11 is 0. The van der Waals surface area contributed by atoms with Gasteiger partial charge < -0.3 is 0 Å². The van der Waals surface area contributed by atoms with Crippen molar-refractivity contribution in [1.29, 1.82) is 0 Å². The fourth-order valence-electron chi connectivity index (χ4n) is 2.66. The molecule has 0 aliphatic heterocycles. The summed E-state index contributed by atoms with van der Waals surface area (Å²) in [5.41, 5.74) is 0. The van der Waals surface area contributed by atoms with Gasteiger partial charge in [0.2, 0.25) is 0 Å². The minimum absolute atomic E-state index is 0.462. The van der Waals surface area contributed by atoms with E-state index in [-0.39, 0.29) is 0 Å². The van der Waals surface area contributed by atoms with Crippen LogP contribution >= 0.6 is 0 Å². The number of rotatable bonds is 2. The molecule has 2 aromatic heterocycles. The Balaban J connectivity index is 1.90. The summed E-state index contributed by atoms with van der Waals surface area (Å²) in [5, 5.41) is 8.75. The second kappa shape index (κ2) is 4.12. The molecule has 0 N–H and O–H groups in total. The van der Waals surface area contributed by atoms with E-state index in [1.165, 1.54) is 25.7 Å². The third-order valence-corrected chi connectivity index (χ3v) is 3.42. The molecule has 2 heterocycles. The van der Waals surface area contributed by atoms with Crippen LogP contribution in [0.2, 0.25) is 0 Å². The Morgan fingerprint density at radius 1 is 0.812 bits per heavy atom. The van der Waals surface area contributed by atoms with Gasteiger partial charge in [-0.3, -0.25) is 9.36 Å². The lowest BCUT2D eigenvalue weighted by molar-refractivity contribution is 0.211. The van der Waals surface area contributed by atoms with Gasteiger partial charge in [-0.05, 0) is 25.0 Å². The van der Waals surface area contributed by atoms with E-state index in [1.807, 2.05) is 24.5 Å². The van der Waals surface area contributed by atoms with Crippen molar-refractivity contribution in [2.24, 2.45) is 0 Å². The summed E-state index contributed by atoms with van der Waals surface area (Å²) in [6, 6.07) is 4.91. The molecule has 1 aliphatic rings. The van der Waals surface area contributed by atoms with Crippen LogP contribution < -0.4 is 0 Å². The Hall–Kier alpha value is -1.58. The van der Waals surface area contributed by atoms with Gasteiger partial charge in [-0.2, -0.15) is 10.2 Å². The monoisotopic (exact) mass is 216 g/mol. The molecule has 0 radical (unpaired) electrons. The number of nitrogens with zero attached hydrogens (tertiary/aromatic N) is 4. The van der Waals surface area contributed by atoms with Gasteiger partial charge in [-0.25, -0.2) is 0 Å². The fraction of sp³-hybridized carbons (Fsp3) is 0.500. The zero-order valence-electron chi connectivity index (χ0n) is 9.24.